The van der Waals surface area contributed by atoms with Crippen LogP contribution >= 0.6 is 6.72 Å². The summed E-state index contributed by atoms with van der Waals surface area (Å²) in [6.07, 6.45) is 1.35. The van der Waals surface area contributed by atoms with E-state index in [0.29, 0.717) is 30.0 Å². The predicted octanol–water partition coefficient (Wildman–Crippen LogP) is 7.84. The third kappa shape index (κ3) is 13.1. The van der Waals surface area contributed by atoms with Crippen LogP contribution in [0.3, 0.4) is 0 Å². The summed E-state index contributed by atoms with van der Waals surface area (Å²) < 4.78 is 63.4. The van der Waals surface area contributed by atoms with Crippen molar-refractivity contribution in [3.05, 3.63) is 145 Å². The molecule has 8 atom stereocenters. The molecule has 6 aromatic rings. The van der Waals surface area contributed by atoms with Gasteiger partial charge in [0.1, 0.15) is 41.8 Å². The molecule has 82 heavy (non-hydrogen) atoms. The van der Waals surface area contributed by atoms with Crippen LogP contribution in [0.4, 0.5) is 5.95 Å². The summed E-state index contributed by atoms with van der Waals surface area (Å²) in [7, 11) is 4.32. The van der Waals surface area contributed by atoms with Crippen LogP contribution in [-0.2, 0) is 54.4 Å². The normalized spacial score (nSPS) is 22.3. The van der Waals surface area contributed by atoms with Gasteiger partial charge < -0.3 is 51.5 Å². The van der Waals surface area contributed by atoms with Crippen LogP contribution in [-0.4, -0.2) is 145 Å². The van der Waals surface area contributed by atoms with Gasteiger partial charge in [-0.3, -0.25) is 33.5 Å². The number of aromatic nitrogens is 6. The lowest BCUT2D eigenvalue weighted by Gasteiger charge is -2.39. The summed E-state index contributed by atoms with van der Waals surface area (Å²) >= 11 is 6.52. The number of aliphatic imine (C=N–C) groups is 1. The zero-order valence-corrected chi connectivity index (χ0v) is 50.9. The lowest BCUT2D eigenvalue weighted by molar-refractivity contribution is -0.130. The third-order valence-electron chi connectivity index (χ3n) is 15.7. The molecule has 1 amide bonds. The Labute approximate surface area is 482 Å². The number of rotatable bonds is 22. The van der Waals surface area contributed by atoms with Crippen molar-refractivity contribution in [2.24, 2.45) is 4.99 Å². The summed E-state index contributed by atoms with van der Waals surface area (Å²) in [4.78, 5) is 74.5. The maximum atomic E-state index is 13.5. The van der Waals surface area contributed by atoms with E-state index in [1.54, 1.807) is 49.6 Å². The van der Waals surface area contributed by atoms with E-state index in [0.717, 1.165) is 23.1 Å². The van der Waals surface area contributed by atoms with Gasteiger partial charge in [0, 0.05) is 52.2 Å². The SMILES string of the molecule is COc1ccc(C(OC[C@H]2O[C@@H](n3cnc4c(=O)[nH]c(/N=C\N(C)C)nc43)C[C@@H]2O[P@](=S)(OC[C@@H]2CCCN2C(C)=O)OC[C@H]2O[C@@H](n3cc(C)c(=O)[nH]c3=O)C[C@@H]2O[Si](C)(C)C(C)(C)C)(c2ccccc2)c2ccc(OC)cc2)cc1. The number of nitrogens with one attached hydrogen (secondary N) is 2. The van der Waals surface area contributed by atoms with Gasteiger partial charge in [-0.1, -0.05) is 75.4 Å². The van der Waals surface area contributed by atoms with Gasteiger partial charge in [0.25, 0.3) is 11.1 Å². The number of benzene rings is 3. The Morgan fingerprint density at radius 2 is 1.44 bits per heavy atom. The molecule has 3 saturated heterocycles. The molecule has 3 aromatic heterocycles. The minimum Gasteiger partial charge on any atom is -0.497 e. The zero-order chi connectivity index (χ0) is 58.7. The summed E-state index contributed by atoms with van der Waals surface area (Å²) in [6, 6.07) is 24.9. The predicted molar refractivity (Wildman–Crippen MR) is 315 cm³/mol. The van der Waals surface area contributed by atoms with Crippen molar-refractivity contribution in [3.63, 3.8) is 0 Å². The topological polar surface area (TPSA) is 237 Å². The first kappa shape index (κ1) is 60.4. The average molecular weight is 1180 g/mol. The van der Waals surface area contributed by atoms with E-state index in [4.69, 9.17) is 58.5 Å². The van der Waals surface area contributed by atoms with Gasteiger partial charge in [0.05, 0.1) is 65.0 Å². The zero-order valence-electron chi connectivity index (χ0n) is 48.2. The van der Waals surface area contributed by atoms with Crippen molar-refractivity contribution in [2.75, 3.05) is 54.7 Å². The Morgan fingerprint density at radius 3 is 2.05 bits per heavy atom. The molecule has 0 aliphatic carbocycles. The van der Waals surface area contributed by atoms with Crippen molar-refractivity contribution in [3.8, 4) is 11.5 Å². The molecule has 25 heteroatoms. The van der Waals surface area contributed by atoms with Crippen molar-refractivity contribution < 1.29 is 46.5 Å². The van der Waals surface area contributed by atoms with Crippen molar-refractivity contribution >= 4 is 56.2 Å². The Hall–Kier alpha value is -6.18. The lowest BCUT2D eigenvalue weighted by Crippen LogP contribution is -2.46. The fourth-order valence-corrected chi connectivity index (χ4v) is 13.8. The molecule has 3 aliphatic heterocycles. The van der Waals surface area contributed by atoms with Crippen LogP contribution in [0.15, 0.2) is 111 Å². The number of fused-ring (bicyclic) bond motifs is 1. The molecule has 440 valence electrons. The Kier molecular flexibility index (Phi) is 18.4. The van der Waals surface area contributed by atoms with Gasteiger partial charge in [-0.05, 0) is 90.7 Å². The first-order valence-corrected chi connectivity index (χ1v) is 32.8. The quantitative estimate of drug-likeness (QED) is 0.0216. The number of imidazole rings is 1. The third-order valence-corrected chi connectivity index (χ3v) is 22.6. The number of amides is 1. The summed E-state index contributed by atoms with van der Waals surface area (Å²) in [5.74, 6) is 1.26. The minimum atomic E-state index is -3.96. The monoisotopic (exact) mass is 1180 g/mol. The van der Waals surface area contributed by atoms with Crippen molar-refractivity contribution in [1.29, 1.82) is 0 Å². The smallest absolute Gasteiger partial charge is 0.330 e. The van der Waals surface area contributed by atoms with Crippen LogP contribution in [0.5, 0.6) is 11.5 Å². The summed E-state index contributed by atoms with van der Waals surface area (Å²) in [5, 5.41) is -0.202. The van der Waals surface area contributed by atoms with Crippen LogP contribution in [0, 0.1) is 6.92 Å². The number of likely N-dealkylation sites (tertiary alicyclic amines) is 1. The highest BCUT2D eigenvalue weighted by atomic mass is 32.5. The maximum Gasteiger partial charge on any atom is 0.330 e. The van der Waals surface area contributed by atoms with Crippen molar-refractivity contribution in [1.82, 2.24) is 38.9 Å². The van der Waals surface area contributed by atoms with E-state index in [-0.39, 0.29) is 66.8 Å². The van der Waals surface area contributed by atoms with Crippen LogP contribution in [0.1, 0.15) is 88.1 Å². The number of carbonyl (C=O) groups excluding carboxylic acids is 1. The number of methoxy groups -OCH3 is 2. The largest absolute Gasteiger partial charge is 0.497 e. The Bertz CT molecular complexity index is 3410. The molecular formula is C57H74N9O13PSSi. The molecule has 0 saturated carbocycles. The van der Waals surface area contributed by atoms with Crippen LogP contribution in [0.2, 0.25) is 18.1 Å². The van der Waals surface area contributed by atoms with E-state index in [1.807, 2.05) is 78.9 Å². The van der Waals surface area contributed by atoms with E-state index >= 15 is 0 Å². The van der Waals surface area contributed by atoms with E-state index < -0.39 is 74.3 Å². The molecule has 3 aliphatic rings. The summed E-state index contributed by atoms with van der Waals surface area (Å²) in [5.41, 5.74) is 0.0769. The fourth-order valence-electron chi connectivity index (χ4n) is 10.3. The van der Waals surface area contributed by atoms with Gasteiger partial charge in [-0.25, -0.2) is 14.8 Å². The number of H-pyrrole nitrogens is 2. The van der Waals surface area contributed by atoms with Gasteiger partial charge in [0.2, 0.25) is 11.9 Å². The number of aromatic amines is 2. The number of ether oxygens (including phenoxy) is 5. The highest BCUT2D eigenvalue weighted by Crippen LogP contribution is 2.55. The van der Waals surface area contributed by atoms with Gasteiger partial charge in [-0.15, -0.1) is 0 Å². The number of aryl methyl sites for hydroxylation is 1. The average Bonchev–Trinajstić information content (AvgIpc) is 2.91. The first-order valence-electron chi connectivity index (χ1n) is 27.3. The second kappa shape index (κ2) is 25.0. The minimum absolute atomic E-state index is 0.000279. The van der Waals surface area contributed by atoms with E-state index in [9.17, 15) is 19.2 Å². The van der Waals surface area contributed by atoms with Gasteiger partial charge in [-0.2, -0.15) is 4.98 Å². The Morgan fingerprint density at radius 1 is 0.841 bits per heavy atom. The molecule has 3 aromatic carbocycles. The molecule has 0 unspecified atom stereocenters. The molecule has 9 rings (SSSR count). The second-order valence-corrected chi connectivity index (χ2v) is 30.3. The van der Waals surface area contributed by atoms with E-state index in [2.05, 4.69) is 53.8 Å². The molecule has 0 spiro atoms. The van der Waals surface area contributed by atoms with Crippen LogP contribution in [0.25, 0.3) is 11.2 Å². The highest BCUT2D eigenvalue weighted by molar-refractivity contribution is 8.07. The second-order valence-electron chi connectivity index (χ2n) is 22.6. The fraction of sp³-hybridized carbons (Fsp3) is 0.491. The van der Waals surface area contributed by atoms with E-state index in [1.165, 1.54) is 30.4 Å². The molecule has 2 N–H and O–H groups in total. The number of carbonyl (C=O) groups is 1. The van der Waals surface area contributed by atoms with Gasteiger partial charge in [0.15, 0.2) is 19.5 Å². The number of nitrogens with zero attached hydrogens (tertiary/aromatic N) is 7. The molecule has 22 nitrogen and oxygen atoms in total. The molecule has 6 heterocycles. The van der Waals surface area contributed by atoms with Crippen molar-refractivity contribution in [2.45, 2.75) is 127 Å². The highest BCUT2D eigenvalue weighted by Gasteiger charge is 2.49. The van der Waals surface area contributed by atoms with Gasteiger partial charge >= 0.3 is 12.4 Å². The Balaban J connectivity index is 1.12. The van der Waals surface area contributed by atoms with Crippen LogP contribution < -0.4 is 26.3 Å². The standard InChI is InChI=1S/C57H74N9O13PSSi/c1-36-30-65(55(70)62-52(36)68)48-29-45(79-82(10,11)56(3,4)5)47(77-48)33-75-80(81,74-31-41-18-15-27-64(41)37(2)67)78-44-28-49(66-35-58-50-51(66)60-54(61-53(50)69)59-34-63(6)7)76-46(44)32-73-57(38-16-13-12-14-17-38,39-19-23-42(71-8)24-20-39)40-21-25-43(72-9)26-22-40/h12-14,16-17,19-26,30,34-35,41,44-49H,15,18,27-29,31-33H2,1-11H3,(H,60,61,69)(H,62,68,70)/b59-34-/t41-,44-,45-,46+,47+,48+,49+,80-/m0/s1. The molecular weight excluding hydrogens is 1110 g/mol. The maximum absolute atomic E-state index is 13.5. The summed E-state index contributed by atoms with van der Waals surface area (Å²) in [6.45, 7) is 10.1. The number of hydrogen-bond acceptors (Lipinski definition) is 17. The molecule has 0 radical (unpaired) electrons. The number of hydrogen-bond donors (Lipinski definition) is 2. The first-order chi connectivity index (χ1) is 39.0. The molecule has 0 bridgehead atoms. The lowest BCUT2D eigenvalue weighted by atomic mass is 9.80. The molecule has 3 fully saturated rings.